The molecule has 0 amide bonds. The van der Waals surface area contributed by atoms with Gasteiger partial charge in [-0.3, -0.25) is 4.79 Å². The lowest BCUT2D eigenvalue weighted by Gasteiger charge is -2.19. The van der Waals surface area contributed by atoms with E-state index in [0.29, 0.717) is 16.2 Å². The van der Waals surface area contributed by atoms with E-state index in [1.165, 1.54) is 36.8 Å². The number of allylic oxidation sites excluding steroid dienone is 1. The average molecular weight is 421 g/mol. The summed E-state index contributed by atoms with van der Waals surface area (Å²) in [5.41, 5.74) is 4.99. The molecule has 3 rings (SSSR count). The number of carbonyl (C=O) groups excluding carboxylic acids is 1. The third kappa shape index (κ3) is 6.27. The molecule has 0 aromatic heterocycles. The Bertz CT molecular complexity index is 923. The molecule has 0 fully saturated rings. The summed E-state index contributed by atoms with van der Waals surface area (Å²) in [7, 11) is 0. The van der Waals surface area contributed by atoms with Crippen molar-refractivity contribution in [1.82, 2.24) is 5.32 Å². The Morgan fingerprint density at radius 3 is 2.47 bits per heavy atom. The smallest absolute Gasteiger partial charge is 0.193 e. The summed E-state index contributed by atoms with van der Waals surface area (Å²) in [6, 6.07) is 15.4. The van der Waals surface area contributed by atoms with Crippen LogP contribution in [0.1, 0.15) is 74.4 Å². The highest BCUT2D eigenvalue weighted by atomic mass is 32.1. The fourth-order valence-electron chi connectivity index (χ4n) is 3.67. The second-order valence-electron chi connectivity index (χ2n) is 8.98. The first-order chi connectivity index (χ1) is 14.3. The molecule has 0 saturated carbocycles. The minimum absolute atomic E-state index is 0.0159. The van der Waals surface area contributed by atoms with Crippen LogP contribution in [0.3, 0.4) is 0 Å². The van der Waals surface area contributed by atoms with Gasteiger partial charge in [-0.15, -0.1) is 0 Å². The number of ketones is 1. The Labute approximate surface area is 186 Å². The Hall–Kier alpha value is -2.46. The molecule has 0 aliphatic heterocycles. The van der Waals surface area contributed by atoms with Crippen LogP contribution < -0.4 is 10.6 Å². The second kappa shape index (κ2) is 10.0. The second-order valence-corrected chi connectivity index (χ2v) is 9.38. The van der Waals surface area contributed by atoms with Crippen LogP contribution in [0, 0.1) is 0 Å². The van der Waals surface area contributed by atoms with Gasteiger partial charge in [0.15, 0.2) is 10.9 Å². The normalized spacial score (nSPS) is 14.0. The van der Waals surface area contributed by atoms with Gasteiger partial charge in [0.25, 0.3) is 0 Å². The number of hydrogen-bond donors (Lipinski definition) is 2. The Morgan fingerprint density at radius 2 is 1.80 bits per heavy atom. The predicted molar refractivity (Wildman–Crippen MR) is 130 cm³/mol. The van der Waals surface area contributed by atoms with Gasteiger partial charge < -0.3 is 10.6 Å². The van der Waals surface area contributed by atoms with Gasteiger partial charge in [-0.2, -0.15) is 0 Å². The lowest BCUT2D eigenvalue weighted by atomic mass is 9.86. The summed E-state index contributed by atoms with van der Waals surface area (Å²) in [6.07, 6.45) is 8.43. The SMILES string of the molecule is CC(C)(C)c1ccc(C(=O)c2cccc(NC(=S)NCCC3=CCCCC3)c2)cc1. The minimum atomic E-state index is 0.0159. The molecule has 4 heteroatoms. The fraction of sp³-hybridized carbons (Fsp3) is 0.385. The van der Waals surface area contributed by atoms with Gasteiger partial charge in [-0.25, -0.2) is 0 Å². The molecule has 158 valence electrons. The maximum Gasteiger partial charge on any atom is 0.193 e. The number of hydrogen-bond acceptors (Lipinski definition) is 2. The molecule has 1 aliphatic rings. The van der Waals surface area contributed by atoms with Gasteiger partial charge in [0, 0.05) is 23.4 Å². The first-order valence-corrected chi connectivity index (χ1v) is 11.2. The van der Waals surface area contributed by atoms with Crippen LogP contribution in [0.5, 0.6) is 0 Å². The zero-order valence-electron chi connectivity index (χ0n) is 18.3. The van der Waals surface area contributed by atoms with Crippen LogP contribution in [0.2, 0.25) is 0 Å². The summed E-state index contributed by atoms with van der Waals surface area (Å²) >= 11 is 5.43. The highest BCUT2D eigenvalue weighted by Gasteiger charge is 2.15. The molecule has 0 atom stereocenters. The summed E-state index contributed by atoms with van der Waals surface area (Å²) in [4.78, 5) is 12.9. The molecule has 3 nitrogen and oxygen atoms in total. The highest BCUT2D eigenvalue weighted by molar-refractivity contribution is 7.80. The number of anilines is 1. The van der Waals surface area contributed by atoms with E-state index < -0.39 is 0 Å². The van der Waals surface area contributed by atoms with Crippen molar-refractivity contribution in [3.05, 3.63) is 76.9 Å². The van der Waals surface area contributed by atoms with Gasteiger partial charge in [-0.1, -0.05) is 68.8 Å². The number of carbonyl (C=O) groups is 1. The van der Waals surface area contributed by atoms with E-state index in [9.17, 15) is 4.79 Å². The summed E-state index contributed by atoms with van der Waals surface area (Å²) < 4.78 is 0. The van der Waals surface area contributed by atoms with Crippen molar-refractivity contribution in [3.63, 3.8) is 0 Å². The fourth-order valence-corrected chi connectivity index (χ4v) is 3.89. The van der Waals surface area contributed by atoms with Gasteiger partial charge >= 0.3 is 0 Å². The lowest BCUT2D eigenvalue weighted by molar-refractivity contribution is 0.103. The molecule has 2 aromatic rings. The molecule has 30 heavy (non-hydrogen) atoms. The van der Waals surface area contributed by atoms with Crippen LogP contribution in [0.4, 0.5) is 5.69 Å². The number of rotatable bonds is 6. The number of nitrogens with one attached hydrogen (secondary N) is 2. The predicted octanol–water partition coefficient (Wildman–Crippen LogP) is 6.39. The molecule has 0 bridgehead atoms. The summed E-state index contributed by atoms with van der Waals surface area (Å²) in [5.74, 6) is 0.0159. The number of thiocarbonyl (C=S) groups is 1. The van der Waals surface area contributed by atoms with E-state index in [4.69, 9.17) is 12.2 Å². The van der Waals surface area contributed by atoms with Crippen LogP contribution in [0.15, 0.2) is 60.2 Å². The first kappa shape index (κ1) is 22.2. The number of benzene rings is 2. The van der Waals surface area contributed by atoms with Crippen molar-refractivity contribution in [2.45, 2.75) is 58.3 Å². The summed E-state index contributed by atoms with van der Waals surface area (Å²) in [5, 5.41) is 7.07. The molecule has 0 heterocycles. The lowest BCUT2D eigenvalue weighted by Crippen LogP contribution is -2.29. The van der Waals surface area contributed by atoms with E-state index in [1.807, 2.05) is 48.5 Å². The molecule has 0 unspecified atom stereocenters. The van der Waals surface area contributed by atoms with Crippen molar-refractivity contribution in [3.8, 4) is 0 Å². The van der Waals surface area contributed by atoms with Crippen LogP contribution >= 0.6 is 12.2 Å². The van der Waals surface area contributed by atoms with Gasteiger partial charge in [0.2, 0.25) is 0 Å². The van der Waals surface area contributed by atoms with E-state index in [1.54, 1.807) is 0 Å². The summed E-state index contributed by atoms with van der Waals surface area (Å²) in [6.45, 7) is 7.34. The van der Waals surface area contributed by atoms with E-state index >= 15 is 0 Å². The third-order valence-electron chi connectivity index (χ3n) is 5.51. The Kier molecular flexibility index (Phi) is 7.43. The van der Waals surface area contributed by atoms with Crippen LogP contribution in [-0.2, 0) is 5.41 Å². The van der Waals surface area contributed by atoms with Crippen molar-refractivity contribution in [2.75, 3.05) is 11.9 Å². The molecular formula is C26H32N2OS. The highest BCUT2D eigenvalue weighted by Crippen LogP contribution is 2.23. The van der Waals surface area contributed by atoms with Crippen molar-refractivity contribution < 1.29 is 4.79 Å². The zero-order chi connectivity index (χ0) is 21.6. The van der Waals surface area contributed by atoms with E-state index in [0.717, 1.165) is 18.7 Å². The average Bonchev–Trinajstić information content (AvgIpc) is 2.73. The Morgan fingerprint density at radius 1 is 1.03 bits per heavy atom. The van der Waals surface area contributed by atoms with Crippen LogP contribution in [-0.4, -0.2) is 17.4 Å². The molecule has 0 spiro atoms. The Balaban J connectivity index is 1.57. The monoisotopic (exact) mass is 420 g/mol. The third-order valence-corrected chi connectivity index (χ3v) is 5.76. The molecule has 2 aromatic carbocycles. The topological polar surface area (TPSA) is 41.1 Å². The van der Waals surface area contributed by atoms with Crippen LogP contribution in [0.25, 0.3) is 0 Å². The molecule has 0 radical (unpaired) electrons. The van der Waals surface area contributed by atoms with Gasteiger partial charge in [0.05, 0.1) is 0 Å². The molecule has 2 N–H and O–H groups in total. The quantitative estimate of drug-likeness (QED) is 0.323. The van der Waals surface area contributed by atoms with Gasteiger partial charge in [-0.05, 0) is 67.4 Å². The standard InChI is InChI=1S/C26H32N2OS/c1-26(2,3)22-14-12-20(13-15-22)24(29)21-10-7-11-23(18-21)28-25(30)27-17-16-19-8-5-4-6-9-19/h7-8,10-15,18H,4-6,9,16-17H2,1-3H3,(H2,27,28,30). The van der Waals surface area contributed by atoms with Gasteiger partial charge in [0.1, 0.15) is 0 Å². The molecule has 1 aliphatic carbocycles. The largest absolute Gasteiger partial charge is 0.362 e. The maximum absolute atomic E-state index is 12.9. The molecular weight excluding hydrogens is 388 g/mol. The van der Waals surface area contributed by atoms with Crippen molar-refractivity contribution in [2.24, 2.45) is 0 Å². The zero-order valence-corrected chi connectivity index (χ0v) is 19.1. The van der Waals surface area contributed by atoms with Crippen molar-refractivity contribution >= 4 is 28.8 Å². The van der Waals surface area contributed by atoms with E-state index in [2.05, 4.69) is 37.5 Å². The first-order valence-electron chi connectivity index (χ1n) is 10.8. The van der Waals surface area contributed by atoms with Crippen molar-refractivity contribution in [1.29, 1.82) is 0 Å². The molecule has 0 saturated heterocycles. The maximum atomic E-state index is 12.9. The minimum Gasteiger partial charge on any atom is -0.362 e. The van der Waals surface area contributed by atoms with E-state index in [-0.39, 0.29) is 11.2 Å².